The molecule has 0 spiro atoms. The zero-order valence-corrected chi connectivity index (χ0v) is 15.5. The van der Waals surface area contributed by atoms with Crippen LogP contribution in [-0.2, 0) is 9.53 Å². The van der Waals surface area contributed by atoms with Crippen molar-refractivity contribution in [3.63, 3.8) is 0 Å². The van der Waals surface area contributed by atoms with Gasteiger partial charge < -0.3 is 18.8 Å². The minimum absolute atomic E-state index is 0.131. The highest BCUT2D eigenvalue weighted by Crippen LogP contribution is 2.29. The first-order valence-electron chi connectivity index (χ1n) is 9.08. The van der Waals surface area contributed by atoms with Crippen LogP contribution in [0.25, 0.3) is 11.0 Å². The number of benzene rings is 1. The number of ether oxygens (including phenoxy) is 2. The number of piperidine rings is 1. The second kappa shape index (κ2) is 7.81. The van der Waals surface area contributed by atoms with E-state index in [-0.39, 0.29) is 24.3 Å². The highest BCUT2D eigenvalue weighted by atomic mass is 16.5. The molecule has 0 radical (unpaired) electrons. The van der Waals surface area contributed by atoms with Crippen LogP contribution < -0.4 is 4.74 Å². The summed E-state index contributed by atoms with van der Waals surface area (Å²) in [6.45, 7) is 4.35. The summed E-state index contributed by atoms with van der Waals surface area (Å²) in [4.78, 5) is 26.7. The zero-order chi connectivity index (χ0) is 18.7. The molecule has 2 aromatic rings. The van der Waals surface area contributed by atoms with Gasteiger partial charge in [0.05, 0.1) is 7.11 Å². The van der Waals surface area contributed by atoms with E-state index in [4.69, 9.17) is 13.9 Å². The van der Waals surface area contributed by atoms with Gasteiger partial charge >= 0.3 is 5.97 Å². The number of hydrogen-bond acceptors (Lipinski definition) is 5. The maximum absolute atomic E-state index is 12.4. The van der Waals surface area contributed by atoms with E-state index >= 15 is 0 Å². The van der Waals surface area contributed by atoms with Gasteiger partial charge in [-0.05, 0) is 50.8 Å². The Bertz CT molecular complexity index is 810. The van der Waals surface area contributed by atoms with Gasteiger partial charge in [-0.2, -0.15) is 0 Å². The number of fused-ring (bicyclic) bond motifs is 1. The molecule has 140 valence electrons. The number of carbonyl (C=O) groups excluding carboxylic acids is 2. The third-order valence-corrected chi connectivity index (χ3v) is 5.07. The monoisotopic (exact) mass is 359 g/mol. The first-order chi connectivity index (χ1) is 12.5. The summed E-state index contributed by atoms with van der Waals surface area (Å²) in [5, 5.41) is 0.796. The molecule has 6 heteroatoms. The van der Waals surface area contributed by atoms with E-state index in [0.717, 1.165) is 37.6 Å². The summed E-state index contributed by atoms with van der Waals surface area (Å²) >= 11 is 0. The van der Waals surface area contributed by atoms with E-state index in [1.807, 2.05) is 11.0 Å². The number of furan rings is 1. The van der Waals surface area contributed by atoms with Crippen molar-refractivity contribution >= 4 is 22.8 Å². The lowest BCUT2D eigenvalue weighted by atomic mass is 10.00. The van der Waals surface area contributed by atoms with E-state index in [2.05, 4.69) is 6.92 Å². The van der Waals surface area contributed by atoms with Crippen LogP contribution in [-0.4, -0.2) is 43.1 Å². The van der Waals surface area contributed by atoms with Crippen molar-refractivity contribution in [3.05, 3.63) is 29.5 Å². The third-order valence-electron chi connectivity index (χ3n) is 5.07. The van der Waals surface area contributed by atoms with Crippen molar-refractivity contribution in [1.29, 1.82) is 0 Å². The summed E-state index contributed by atoms with van der Waals surface area (Å²) in [6.07, 6.45) is 4.08. The number of amides is 1. The summed E-state index contributed by atoms with van der Waals surface area (Å²) < 4.78 is 16.1. The van der Waals surface area contributed by atoms with Gasteiger partial charge in [0.1, 0.15) is 11.3 Å². The van der Waals surface area contributed by atoms with Crippen LogP contribution in [0.15, 0.2) is 22.6 Å². The van der Waals surface area contributed by atoms with Gasteiger partial charge in [-0.3, -0.25) is 4.79 Å². The van der Waals surface area contributed by atoms with Gasteiger partial charge in [-0.25, -0.2) is 4.79 Å². The van der Waals surface area contributed by atoms with Gasteiger partial charge in [-0.1, -0.05) is 6.92 Å². The summed E-state index contributed by atoms with van der Waals surface area (Å²) in [5.41, 5.74) is 1.27. The Morgan fingerprint density at radius 3 is 2.85 bits per heavy atom. The SMILES string of the molecule is CCC1CCCCN1C(=O)COC(=O)c1oc2ccc(OC)cc2c1C. The molecule has 0 bridgehead atoms. The summed E-state index contributed by atoms with van der Waals surface area (Å²) in [6, 6.07) is 5.58. The number of aryl methyl sites for hydroxylation is 1. The fourth-order valence-corrected chi connectivity index (χ4v) is 3.55. The molecular formula is C20H25NO5. The molecule has 0 saturated carbocycles. The molecule has 1 aromatic carbocycles. The quantitative estimate of drug-likeness (QED) is 0.762. The van der Waals surface area contributed by atoms with Gasteiger partial charge in [0.2, 0.25) is 5.76 Å². The lowest BCUT2D eigenvalue weighted by Gasteiger charge is -2.35. The molecule has 0 aliphatic carbocycles. The highest BCUT2D eigenvalue weighted by Gasteiger charge is 2.27. The van der Waals surface area contributed by atoms with Crippen LogP contribution >= 0.6 is 0 Å². The van der Waals surface area contributed by atoms with Crippen molar-refractivity contribution in [1.82, 2.24) is 4.90 Å². The van der Waals surface area contributed by atoms with Crippen molar-refractivity contribution in [2.45, 2.75) is 45.6 Å². The largest absolute Gasteiger partial charge is 0.497 e. The smallest absolute Gasteiger partial charge is 0.375 e. The Hall–Kier alpha value is -2.50. The fraction of sp³-hybridized carbons (Fsp3) is 0.500. The molecule has 1 atom stereocenters. The maximum atomic E-state index is 12.4. The van der Waals surface area contributed by atoms with Crippen LogP contribution in [0.5, 0.6) is 5.75 Å². The average Bonchev–Trinajstić information content (AvgIpc) is 3.01. The molecule has 3 rings (SSSR count). The number of nitrogens with zero attached hydrogens (tertiary/aromatic N) is 1. The minimum Gasteiger partial charge on any atom is -0.497 e. The molecule has 1 amide bonds. The fourth-order valence-electron chi connectivity index (χ4n) is 3.55. The van der Waals surface area contributed by atoms with Gasteiger partial charge in [0, 0.05) is 23.5 Å². The predicted molar refractivity (Wildman–Crippen MR) is 97.4 cm³/mol. The topological polar surface area (TPSA) is 69.0 Å². The molecule has 2 heterocycles. The first-order valence-corrected chi connectivity index (χ1v) is 9.08. The number of esters is 1. The molecule has 1 saturated heterocycles. The summed E-state index contributed by atoms with van der Waals surface area (Å²) in [5.74, 6) is 0.0651. The van der Waals surface area contributed by atoms with Crippen LogP contribution in [0.3, 0.4) is 0 Å². The summed E-state index contributed by atoms with van der Waals surface area (Å²) in [7, 11) is 1.58. The van der Waals surface area contributed by atoms with E-state index < -0.39 is 5.97 Å². The molecule has 6 nitrogen and oxygen atoms in total. The Morgan fingerprint density at radius 1 is 1.31 bits per heavy atom. The molecule has 1 aliphatic rings. The Labute approximate surface area is 153 Å². The normalized spacial score (nSPS) is 17.3. The van der Waals surface area contributed by atoms with Crippen molar-refractivity contribution in [2.24, 2.45) is 0 Å². The zero-order valence-electron chi connectivity index (χ0n) is 15.5. The first kappa shape index (κ1) is 18.3. The van der Waals surface area contributed by atoms with Crippen molar-refractivity contribution in [2.75, 3.05) is 20.3 Å². The van der Waals surface area contributed by atoms with E-state index in [1.165, 1.54) is 0 Å². The number of likely N-dealkylation sites (tertiary alicyclic amines) is 1. The van der Waals surface area contributed by atoms with E-state index in [1.54, 1.807) is 26.2 Å². The number of methoxy groups -OCH3 is 1. The van der Waals surface area contributed by atoms with Crippen molar-refractivity contribution in [3.8, 4) is 5.75 Å². The van der Waals surface area contributed by atoms with Gasteiger partial charge in [0.15, 0.2) is 6.61 Å². The highest BCUT2D eigenvalue weighted by molar-refractivity contribution is 5.97. The average molecular weight is 359 g/mol. The molecule has 0 N–H and O–H groups in total. The predicted octanol–water partition coefficient (Wildman–Crippen LogP) is 3.70. The van der Waals surface area contributed by atoms with Crippen LogP contribution in [0.4, 0.5) is 0 Å². The molecule has 26 heavy (non-hydrogen) atoms. The standard InChI is InChI=1S/C20H25NO5/c1-4-14-7-5-6-10-21(14)18(22)12-25-20(23)19-13(2)16-11-15(24-3)8-9-17(16)26-19/h8-9,11,14H,4-7,10,12H2,1-3H3. The minimum atomic E-state index is -0.615. The molecule has 1 aromatic heterocycles. The van der Waals surface area contributed by atoms with Crippen LogP contribution in [0.2, 0.25) is 0 Å². The van der Waals surface area contributed by atoms with Crippen LogP contribution in [0, 0.1) is 6.92 Å². The number of hydrogen-bond donors (Lipinski definition) is 0. The van der Waals surface area contributed by atoms with Crippen LogP contribution in [0.1, 0.15) is 48.7 Å². The maximum Gasteiger partial charge on any atom is 0.375 e. The third kappa shape index (κ3) is 3.54. The van der Waals surface area contributed by atoms with Gasteiger partial charge in [0.25, 0.3) is 5.91 Å². The Kier molecular flexibility index (Phi) is 5.49. The second-order valence-corrected chi connectivity index (χ2v) is 6.64. The lowest BCUT2D eigenvalue weighted by molar-refractivity contribution is -0.138. The van der Waals surface area contributed by atoms with E-state index in [9.17, 15) is 9.59 Å². The molecule has 1 unspecified atom stereocenters. The number of carbonyl (C=O) groups is 2. The molecule has 1 aliphatic heterocycles. The Balaban J connectivity index is 1.69. The number of rotatable bonds is 5. The van der Waals surface area contributed by atoms with Crippen molar-refractivity contribution < 1.29 is 23.5 Å². The van der Waals surface area contributed by atoms with E-state index in [0.29, 0.717) is 16.9 Å². The van der Waals surface area contributed by atoms with Gasteiger partial charge in [-0.15, -0.1) is 0 Å². The molecule has 1 fully saturated rings. The Morgan fingerprint density at radius 2 is 2.12 bits per heavy atom. The second-order valence-electron chi connectivity index (χ2n) is 6.64. The molecular weight excluding hydrogens is 334 g/mol. The lowest BCUT2D eigenvalue weighted by Crippen LogP contribution is -2.45.